The monoisotopic (exact) mass is 517 g/mol. The standard InChI is InChI=1S/C7H10I3N3/c1-12(2)3-4-13-6(9)5(8)11-7(13)10/h3-4H2,1-2H3. The van der Waals surface area contributed by atoms with E-state index >= 15 is 0 Å². The Kier molecular flexibility index (Phi) is 5.21. The van der Waals surface area contributed by atoms with Gasteiger partial charge in [-0.3, -0.25) is 0 Å². The van der Waals surface area contributed by atoms with Crippen LogP contribution in [0.5, 0.6) is 0 Å². The van der Waals surface area contributed by atoms with Crippen molar-refractivity contribution in [3.63, 3.8) is 0 Å². The number of hydrogen-bond acceptors (Lipinski definition) is 2. The molecule has 1 aromatic heterocycles. The lowest BCUT2D eigenvalue weighted by atomic mass is 10.6. The highest BCUT2D eigenvalue weighted by molar-refractivity contribution is 14.1. The fourth-order valence-corrected chi connectivity index (χ4v) is 3.63. The number of hydrogen-bond donors (Lipinski definition) is 0. The van der Waals surface area contributed by atoms with Crippen molar-refractivity contribution < 1.29 is 0 Å². The molecule has 0 amide bonds. The Hall–Kier alpha value is 1.36. The predicted molar refractivity (Wildman–Crippen MR) is 78.9 cm³/mol. The molecular formula is C7H10I3N3. The van der Waals surface area contributed by atoms with Crippen molar-refractivity contribution in [2.75, 3.05) is 20.6 Å². The average Bonchev–Trinajstić information content (AvgIpc) is 2.24. The minimum atomic E-state index is 1.01. The first kappa shape index (κ1) is 12.4. The van der Waals surface area contributed by atoms with Crippen LogP contribution < -0.4 is 0 Å². The van der Waals surface area contributed by atoms with E-state index in [1.807, 2.05) is 0 Å². The minimum absolute atomic E-state index is 1.01. The van der Waals surface area contributed by atoms with Crippen LogP contribution in [0.25, 0.3) is 0 Å². The maximum absolute atomic E-state index is 4.40. The van der Waals surface area contributed by atoms with Crippen molar-refractivity contribution in [1.82, 2.24) is 14.5 Å². The molecule has 0 unspecified atom stereocenters. The molecule has 0 aliphatic heterocycles. The smallest absolute Gasteiger partial charge is 0.173 e. The molecule has 0 spiro atoms. The molecule has 13 heavy (non-hydrogen) atoms. The molecule has 74 valence electrons. The molecule has 0 saturated heterocycles. The van der Waals surface area contributed by atoms with E-state index in [2.05, 4.69) is 96.3 Å². The van der Waals surface area contributed by atoms with Crippen LogP contribution in [0.1, 0.15) is 0 Å². The Morgan fingerprint density at radius 2 is 1.92 bits per heavy atom. The summed E-state index contributed by atoms with van der Waals surface area (Å²) in [7, 11) is 4.17. The minimum Gasteiger partial charge on any atom is -0.313 e. The van der Waals surface area contributed by atoms with E-state index in [0.717, 1.165) is 20.6 Å². The van der Waals surface area contributed by atoms with Crippen molar-refractivity contribution in [2.45, 2.75) is 6.54 Å². The van der Waals surface area contributed by atoms with Crippen LogP contribution in [-0.4, -0.2) is 35.1 Å². The Labute approximate surface area is 119 Å². The normalized spacial score (nSPS) is 11.2. The van der Waals surface area contributed by atoms with Crippen LogP contribution >= 0.6 is 67.8 Å². The van der Waals surface area contributed by atoms with Gasteiger partial charge in [0.1, 0.15) is 7.40 Å². The molecule has 0 aliphatic carbocycles. The van der Waals surface area contributed by atoms with E-state index in [1.54, 1.807) is 0 Å². The summed E-state index contributed by atoms with van der Waals surface area (Å²) in [5.74, 6) is 0. The van der Waals surface area contributed by atoms with E-state index < -0.39 is 0 Å². The topological polar surface area (TPSA) is 21.1 Å². The molecule has 0 aromatic carbocycles. The number of nitrogens with zero attached hydrogens (tertiary/aromatic N) is 3. The first-order valence-electron chi connectivity index (χ1n) is 3.74. The molecule has 1 rings (SSSR count). The zero-order valence-electron chi connectivity index (χ0n) is 7.39. The van der Waals surface area contributed by atoms with Gasteiger partial charge in [-0.05, 0) is 81.9 Å². The maximum atomic E-state index is 4.40. The van der Waals surface area contributed by atoms with E-state index in [0.29, 0.717) is 0 Å². The van der Waals surface area contributed by atoms with Gasteiger partial charge in [0.15, 0.2) is 3.83 Å². The van der Waals surface area contributed by atoms with Crippen molar-refractivity contribution in [3.05, 3.63) is 11.2 Å². The number of likely N-dealkylation sites (N-methyl/N-ethyl adjacent to an activating group) is 1. The van der Waals surface area contributed by atoms with Gasteiger partial charge in [0.05, 0.1) is 0 Å². The van der Waals surface area contributed by atoms with E-state index in [-0.39, 0.29) is 0 Å². The van der Waals surface area contributed by atoms with Crippen molar-refractivity contribution >= 4 is 67.8 Å². The van der Waals surface area contributed by atoms with Gasteiger partial charge in [0, 0.05) is 13.1 Å². The lowest BCUT2D eigenvalue weighted by Gasteiger charge is -2.11. The molecule has 0 radical (unpaired) electrons. The van der Waals surface area contributed by atoms with Gasteiger partial charge in [-0.15, -0.1) is 0 Å². The third kappa shape index (κ3) is 3.45. The zero-order valence-corrected chi connectivity index (χ0v) is 13.9. The molecule has 0 saturated carbocycles. The molecule has 0 fully saturated rings. The van der Waals surface area contributed by atoms with Gasteiger partial charge >= 0.3 is 0 Å². The lowest BCUT2D eigenvalue weighted by Crippen LogP contribution is -2.19. The summed E-state index contributed by atoms with van der Waals surface area (Å²) in [4.78, 5) is 6.58. The van der Waals surface area contributed by atoms with E-state index in [9.17, 15) is 0 Å². The van der Waals surface area contributed by atoms with Gasteiger partial charge in [-0.2, -0.15) is 0 Å². The number of rotatable bonds is 3. The second-order valence-electron chi connectivity index (χ2n) is 2.92. The van der Waals surface area contributed by atoms with Gasteiger partial charge in [0.25, 0.3) is 0 Å². The molecular weight excluding hydrogens is 507 g/mol. The van der Waals surface area contributed by atoms with Crippen molar-refractivity contribution in [1.29, 1.82) is 0 Å². The SMILES string of the molecule is CN(C)CCn1c(I)nc(I)c1I. The zero-order chi connectivity index (χ0) is 10.0. The summed E-state index contributed by atoms with van der Waals surface area (Å²) in [6.45, 7) is 2.07. The highest BCUT2D eigenvalue weighted by Crippen LogP contribution is 2.17. The Balaban J connectivity index is 2.76. The van der Waals surface area contributed by atoms with Crippen LogP contribution in [0.3, 0.4) is 0 Å². The third-order valence-corrected chi connectivity index (χ3v) is 5.29. The largest absolute Gasteiger partial charge is 0.313 e. The number of imidazole rings is 1. The Morgan fingerprint density at radius 1 is 1.31 bits per heavy atom. The average molecular weight is 517 g/mol. The molecule has 0 atom stereocenters. The maximum Gasteiger partial charge on any atom is 0.173 e. The third-order valence-electron chi connectivity index (χ3n) is 1.59. The fraction of sp³-hybridized carbons (Fsp3) is 0.571. The van der Waals surface area contributed by atoms with Crippen LogP contribution in [0.15, 0.2) is 0 Å². The van der Waals surface area contributed by atoms with Crippen molar-refractivity contribution in [2.24, 2.45) is 0 Å². The van der Waals surface area contributed by atoms with Gasteiger partial charge in [-0.1, -0.05) is 0 Å². The Bertz CT molecular complexity index is 295. The second kappa shape index (κ2) is 5.45. The highest BCUT2D eigenvalue weighted by Gasteiger charge is 2.10. The van der Waals surface area contributed by atoms with Crippen LogP contribution in [0.4, 0.5) is 0 Å². The van der Waals surface area contributed by atoms with Gasteiger partial charge in [-0.25, -0.2) is 4.98 Å². The molecule has 0 N–H and O–H groups in total. The van der Waals surface area contributed by atoms with Crippen LogP contribution in [-0.2, 0) is 6.54 Å². The second-order valence-corrected chi connectivity index (χ2v) is 5.93. The van der Waals surface area contributed by atoms with Crippen LogP contribution in [0, 0.1) is 11.2 Å². The number of aromatic nitrogens is 2. The fourth-order valence-electron chi connectivity index (χ4n) is 0.870. The highest BCUT2D eigenvalue weighted by atomic mass is 127. The quantitative estimate of drug-likeness (QED) is 0.575. The molecule has 0 aliphatic rings. The number of halogens is 3. The predicted octanol–water partition coefficient (Wildman–Crippen LogP) is 2.26. The molecule has 3 nitrogen and oxygen atoms in total. The Morgan fingerprint density at radius 3 is 2.31 bits per heavy atom. The summed E-state index contributed by atoms with van der Waals surface area (Å²) < 4.78 is 5.65. The molecule has 0 bridgehead atoms. The first-order chi connectivity index (χ1) is 6.02. The summed E-state index contributed by atoms with van der Waals surface area (Å²) in [5, 5.41) is 0. The summed E-state index contributed by atoms with van der Waals surface area (Å²) in [6.07, 6.45) is 0. The summed E-state index contributed by atoms with van der Waals surface area (Å²) in [5.41, 5.74) is 0. The summed E-state index contributed by atoms with van der Waals surface area (Å²) in [6, 6.07) is 0. The molecule has 1 aromatic rings. The van der Waals surface area contributed by atoms with Crippen LogP contribution in [0.2, 0.25) is 0 Å². The lowest BCUT2D eigenvalue weighted by molar-refractivity contribution is 0.380. The van der Waals surface area contributed by atoms with Gasteiger partial charge in [0.2, 0.25) is 0 Å². The molecule has 1 heterocycles. The van der Waals surface area contributed by atoms with E-state index in [1.165, 1.54) is 3.70 Å². The summed E-state index contributed by atoms with van der Waals surface area (Å²) >= 11 is 6.89. The van der Waals surface area contributed by atoms with Gasteiger partial charge < -0.3 is 9.47 Å². The first-order valence-corrected chi connectivity index (χ1v) is 6.97. The van der Waals surface area contributed by atoms with Crippen molar-refractivity contribution in [3.8, 4) is 0 Å². The molecule has 6 heteroatoms. The van der Waals surface area contributed by atoms with E-state index in [4.69, 9.17) is 0 Å².